The normalized spacial score (nSPS) is 26.0. The lowest BCUT2D eigenvalue weighted by Gasteiger charge is -2.31. The van der Waals surface area contributed by atoms with Crippen molar-refractivity contribution in [1.82, 2.24) is 0 Å². The molecular formula is C15H21BrFN. The van der Waals surface area contributed by atoms with E-state index >= 15 is 0 Å². The third-order valence-corrected chi connectivity index (χ3v) is 4.54. The second-order valence-electron chi connectivity index (χ2n) is 5.64. The van der Waals surface area contributed by atoms with Crippen molar-refractivity contribution in [2.75, 3.05) is 0 Å². The molecule has 0 saturated heterocycles. The lowest BCUT2D eigenvalue weighted by Crippen LogP contribution is -2.35. The summed E-state index contributed by atoms with van der Waals surface area (Å²) in [7, 11) is 0. The summed E-state index contributed by atoms with van der Waals surface area (Å²) in [6.07, 6.45) is 5.61. The van der Waals surface area contributed by atoms with E-state index in [1.807, 2.05) is 6.07 Å². The Morgan fingerprint density at radius 2 is 2.22 bits per heavy atom. The lowest BCUT2D eigenvalue weighted by atomic mass is 9.77. The van der Waals surface area contributed by atoms with Crippen molar-refractivity contribution < 1.29 is 4.39 Å². The van der Waals surface area contributed by atoms with Crippen LogP contribution in [0, 0.1) is 17.7 Å². The van der Waals surface area contributed by atoms with Crippen molar-refractivity contribution in [3.63, 3.8) is 0 Å². The maximum absolute atomic E-state index is 13.7. The molecule has 1 aliphatic rings. The van der Waals surface area contributed by atoms with E-state index in [0.717, 1.165) is 16.0 Å². The quantitative estimate of drug-likeness (QED) is 0.885. The van der Waals surface area contributed by atoms with Crippen molar-refractivity contribution >= 4 is 15.9 Å². The van der Waals surface area contributed by atoms with Crippen LogP contribution < -0.4 is 5.73 Å². The molecule has 1 aromatic carbocycles. The van der Waals surface area contributed by atoms with E-state index in [1.165, 1.54) is 31.7 Å². The molecule has 1 nitrogen and oxygen atoms in total. The van der Waals surface area contributed by atoms with E-state index in [0.29, 0.717) is 12.3 Å². The highest BCUT2D eigenvalue weighted by molar-refractivity contribution is 9.10. The Morgan fingerprint density at radius 3 is 2.94 bits per heavy atom. The van der Waals surface area contributed by atoms with E-state index < -0.39 is 0 Å². The van der Waals surface area contributed by atoms with Gasteiger partial charge in [-0.3, -0.25) is 0 Å². The standard InChI is InChI=1S/C15H21BrFN/c1-10-3-2-4-11(7-10)15(18)9-12-8-13(16)5-6-14(12)17/h5-6,8,10-11,15H,2-4,7,9,18H2,1H3. The molecule has 100 valence electrons. The topological polar surface area (TPSA) is 26.0 Å². The van der Waals surface area contributed by atoms with Gasteiger partial charge in [-0.2, -0.15) is 0 Å². The second kappa shape index (κ2) is 6.16. The fraction of sp³-hybridized carbons (Fsp3) is 0.600. The summed E-state index contributed by atoms with van der Waals surface area (Å²) in [5.41, 5.74) is 7.01. The molecule has 1 aromatic rings. The average molecular weight is 314 g/mol. The summed E-state index contributed by atoms with van der Waals surface area (Å²) in [5.74, 6) is 1.17. The molecule has 0 bridgehead atoms. The summed E-state index contributed by atoms with van der Waals surface area (Å²) in [6, 6.07) is 5.17. The zero-order valence-electron chi connectivity index (χ0n) is 10.8. The monoisotopic (exact) mass is 313 g/mol. The highest BCUT2D eigenvalue weighted by Gasteiger charge is 2.25. The van der Waals surface area contributed by atoms with Crippen LogP contribution in [0.15, 0.2) is 22.7 Å². The van der Waals surface area contributed by atoms with Crippen molar-refractivity contribution in [3.8, 4) is 0 Å². The smallest absolute Gasteiger partial charge is 0.126 e. The van der Waals surface area contributed by atoms with Gasteiger partial charge in [0, 0.05) is 10.5 Å². The predicted molar refractivity (Wildman–Crippen MR) is 76.9 cm³/mol. The van der Waals surface area contributed by atoms with Crippen LogP contribution in [-0.2, 0) is 6.42 Å². The molecule has 1 fully saturated rings. The Labute approximate surface area is 117 Å². The van der Waals surface area contributed by atoms with Crippen molar-refractivity contribution in [2.45, 2.75) is 45.1 Å². The van der Waals surface area contributed by atoms with E-state index in [4.69, 9.17) is 5.73 Å². The van der Waals surface area contributed by atoms with Crippen LogP contribution in [0.25, 0.3) is 0 Å². The van der Waals surface area contributed by atoms with Crippen LogP contribution in [0.2, 0.25) is 0 Å². The first-order valence-corrected chi connectivity index (χ1v) is 7.55. The molecule has 1 aliphatic carbocycles. The molecule has 3 heteroatoms. The van der Waals surface area contributed by atoms with Gasteiger partial charge in [0.25, 0.3) is 0 Å². The van der Waals surface area contributed by atoms with Crippen LogP contribution in [-0.4, -0.2) is 6.04 Å². The molecule has 0 spiro atoms. The van der Waals surface area contributed by atoms with Crippen LogP contribution in [0.4, 0.5) is 4.39 Å². The van der Waals surface area contributed by atoms with Gasteiger partial charge in [0.2, 0.25) is 0 Å². The molecule has 1 saturated carbocycles. The average Bonchev–Trinajstić information content (AvgIpc) is 2.34. The van der Waals surface area contributed by atoms with Gasteiger partial charge in [-0.05, 0) is 54.9 Å². The van der Waals surface area contributed by atoms with Crippen LogP contribution in [0.5, 0.6) is 0 Å². The van der Waals surface area contributed by atoms with E-state index in [2.05, 4.69) is 22.9 Å². The molecule has 3 unspecified atom stereocenters. The minimum atomic E-state index is -0.141. The summed E-state index contributed by atoms with van der Waals surface area (Å²) >= 11 is 3.38. The fourth-order valence-electron chi connectivity index (χ4n) is 2.99. The molecule has 3 atom stereocenters. The molecule has 0 aliphatic heterocycles. The number of halogens is 2. The van der Waals surface area contributed by atoms with Gasteiger partial charge in [-0.25, -0.2) is 4.39 Å². The molecule has 18 heavy (non-hydrogen) atoms. The Morgan fingerprint density at radius 1 is 1.44 bits per heavy atom. The first-order valence-electron chi connectivity index (χ1n) is 6.75. The van der Waals surface area contributed by atoms with Gasteiger partial charge in [-0.1, -0.05) is 35.7 Å². The van der Waals surface area contributed by atoms with Gasteiger partial charge in [0.15, 0.2) is 0 Å². The van der Waals surface area contributed by atoms with Gasteiger partial charge in [-0.15, -0.1) is 0 Å². The van der Waals surface area contributed by atoms with E-state index in [9.17, 15) is 4.39 Å². The summed E-state index contributed by atoms with van der Waals surface area (Å²) < 4.78 is 14.6. The minimum Gasteiger partial charge on any atom is -0.327 e. The predicted octanol–water partition coefficient (Wildman–Crippen LogP) is 4.28. The molecule has 2 N–H and O–H groups in total. The molecule has 2 rings (SSSR count). The van der Waals surface area contributed by atoms with Gasteiger partial charge < -0.3 is 5.73 Å². The third-order valence-electron chi connectivity index (χ3n) is 4.05. The molecule has 0 amide bonds. The minimum absolute atomic E-state index is 0.0801. The SMILES string of the molecule is CC1CCCC(C(N)Cc2cc(Br)ccc2F)C1. The van der Waals surface area contributed by atoms with Crippen LogP contribution >= 0.6 is 15.9 Å². The number of nitrogens with two attached hydrogens (primary N) is 1. The van der Waals surface area contributed by atoms with Crippen LogP contribution in [0.3, 0.4) is 0 Å². The number of benzene rings is 1. The largest absolute Gasteiger partial charge is 0.327 e. The number of rotatable bonds is 3. The van der Waals surface area contributed by atoms with E-state index in [-0.39, 0.29) is 11.9 Å². The van der Waals surface area contributed by atoms with Gasteiger partial charge >= 0.3 is 0 Å². The highest BCUT2D eigenvalue weighted by atomic mass is 79.9. The Bertz CT molecular complexity index is 407. The summed E-state index contributed by atoms with van der Waals surface area (Å²) in [6.45, 7) is 2.29. The zero-order valence-corrected chi connectivity index (χ0v) is 12.4. The van der Waals surface area contributed by atoms with E-state index in [1.54, 1.807) is 6.07 Å². The van der Waals surface area contributed by atoms with Crippen molar-refractivity contribution in [2.24, 2.45) is 17.6 Å². The van der Waals surface area contributed by atoms with Crippen molar-refractivity contribution in [1.29, 1.82) is 0 Å². The fourth-order valence-corrected chi connectivity index (χ4v) is 3.40. The van der Waals surface area contributed by atoms with Crippen molar-refractivity contribution in [3.05, 3.63) is 34.1 Å². The maximum Gasteiger partial charge on any atom is 0.126 e. The first kappa shape index (κ1) is 14.0. The van der Waals surface area contributed by atoms with Gasteiger partial charge in [0.1, 0.15) is 5.82 Å². The Balaban J connectivity index is 2.01. The molecule has 0 aromatic heterocycles. The van der Waals surface area contributed by atoms with Gasteiger partial charge in [0.05, 0.1) is 0 Å². The third kappa shape index (κ3) is 3.55. The zero-order chi connectivity index (χ0) is 13.1. The molecular weight excluding hydrogens is 293 g/mol. The number of hydrogen-bond donors (Lipinski definition) is 1. The second-order valence-corrected chi connectivity index (χ2v) is 6.55. The Hall–Kier alpha value is -0.410. The van der Waals surface area contributed by atoms with Crippen LogP contribution in [0.1, 0.15) is 38.2 Å². The molecule has 0 radical (unpaired) electrons. The summed E-state index contributed by atoms with van der Waals surface area (Å²) in [5, 5.41) is 0. The first-order chi connectivity index (χ1) is 8.56. The molecule has 0 heterocycles. The summed E-state index contributed by atoms with van der Waals surface area (Å²) in [4.78, 5) is 0. The highest BCUT2D eigenvalue weighted by Crippen LogP contribution is 2.31. The maximum atomic E-state index is 13.7. The lowest BCUT2D eigenvalue weighted by molar-refractivity contribution is 0.244. The Kier molecular flexibility index (Phi) is 4.79. The number of hydrogen-bond acceptors (Lipinski definition) is 1.